The molecule has 0 saturated carbocycles. The van der Waals surface area contributed by atoms with Crippen LogP contribution >= 0.6 is 0 Å². The highest BCUT2D eigenvalue weighted by atomic mass is 15.1. The van der Waals surface area contributed by atoms with Crippen molar-refractivity contribution in [2.24, 2.45) is 0 Å². The van der Waals surface area contributed by atoms with E-state index < -0.39 is 0 Å². The standard InChI is InChI=1S/C10H17N/c1-5-11(6-2)9-7-8-10(3)4/h3,5-6,9H2,1-2,4H3. The molecule has 0 bridgehead atoms. The first kappa shape index (κ1) is 10.3. The summed E-state index contributed by atoms with van der Waals surface area (Å²) in [6, 6.07) is 0. The number of allylic oxidation sites excluding steroid dienone is 1. The van der Waals surface area contributed by atoms with Gasteiger partial charge in [0.1, 0.15) is 0 Å². The van der Waals surface area contributed by atoms with E-state index in [2.05, 4.69) is 37.2 Å². The Labute approximate surface area is 70.1 Å². The smallest absolute Gasteiger partial charge is 0.0605 e. The van der Waals surface area contributed by atoms with E-state index in [1.807, 2.05) is 6.92 Å². The van der Waals surface area contributed by atoms with Crippen LogP contribution in [-0.4, -0.2) is 24.5 Å². The Balaban J connectivity index is 3.69. The van der Waals surface area contributed by atoms with E-state index >= 15 is 0 Å². The van der Waals surface area contributed by atoms with Gasteiger partial charge in [0.05, 0.1) is 6.54 Å². The lowest BCUT2D eigenvalue weighted by molar-refractivity contribution is 0.342. The minimum atomic E-state index is 0.861. The van der Waals surface area contributed by atoms with Crippen LogP contribution in [0.25, 0.3) is 0 Å². The predicted molar refractivity (Wildman–Crippen MR) is 50.4 cm³/mol. The Morgan fingerprint density at radius 3 is 2.27 bits per heavy atom. The maximum Gasteiger partial charge on any atom is 0.0605 e. The Hall–Kier alpha value is -0.740. The van der Waals surface area contributed by atoms with Crippen molar-refractivity contribution in [1.29, 1.82) is 0 Å². The first-order chi connectivity index (χ1) is 5.20. The van der Waals surface area contributed by atoms with Crippen molar-refractivity contribution in [1.82, 2.24) is 4.90 Å². The summed E-state index contributed by atoms with van der Waals surface area (Å²) in [5.41, 5.74) is 0.942. The number of hydrogen-bond acceptors (Lipinski definition) is 1. The van der Waals surface area contributed by atoms with Gasteiger partial charge in [-0.3, -0.25) is 4.90 Å². The molecule has 0 fully saturated rings. The van der Waals surface area contributed by atoms with Gasteiger partial charge in [-0.2, -0.15) is 0 Å². The second-order valence-electron chi connectivity index (χ2n) is 2.54. The monoisotopic (exact) mass is 151 g/mol. The quantitative estimate of drug-likeness (QED) is 0.557. The highest BCUT2D eigenvalue weighted by Crippen LogP contribution is 1.85. The zero-order valence-electron chi connectivity index (χ0n) is 7.78. The fraction of sp³-hybridized carbons (Fsp3) is 0.600. The molecular formula is C10H17N. The van der Waals surface area contributed by atoms with Crippen LogP contribution in [0.1, 0.15) is 20.8 Å². The van der Waals surface area contributed by atoms with Gasteiger partial charge in [-0.25, -0.2) is 0 Å². The van der Waals surface area contributed by atoms with Crippen LogP contribution in [-0.2, 0) is 0 Å². The van der Waals surface area contributed by atoms with Gasteiger partial charge in [0, 0.05) is 0 Å². The van der Waals surface area contributed by atoms with Crippen molar-refractivity contribution in [2.45, 2.75) is 20.8 Å². The second kappa shape index (κ2) is 6.00. The SMILES string of the molecule is C=C(C)C#CCN(CC)CC. The molecule has 0 aliphatic carbocycles. The van der Waals surface area contributed by atoms with Gasteiger partial charge in [-0.1, -0.05) is 32.3 Å². The van der Waals surface area contributed by atoms with Crippen molar-refractivity contribution >= 4 is 0 Å². The normalized spacial score (nSPS) is 9.09. The third kappa shape index (κ3) is 5.69. The summed E-state index contributed by atoms with van der Waals surface area (Å²) in [5.74, 6) is 6.02. The number of nitrogens with zero attached hydrogens (tertiary/aromatic N) is 1. The molecule has 0 heterocycles. The molecule has 0 N–H and O–H groups in total. The molecule has 11 heavy (non-hydrogen) atoms. The molecule has 0 amide bonds. The lowest BCUT2D eigenvalue weighted by Gasteiger charge is -2.13. The zero-order valence-corrected chi connectivity index (χ0v) is 7.78. The number of hydrogen-bond donors (Lipinski definition) is 0. The molecule has 0 unspecified atom stereocenters. The van der Waals surface area contributed by atoms with Crippen molar-refractivity contribution < 1.29 is 0 Å². The minimum Gasteiger partial charge on any atom is -0.293 e. The Kier molecular flexibility index (Phi) is 5.60. The van der Waals surface area contributed by atoms with Crippen LogP contribution in [0.2, 0.25) is 0 Å². The molecule has 0 aromatic carbocycles. The van der Waals surface area contributed by atoms with Crippen LogP contribution in [0, 0.1) is 11.8 Å². The maximum absolute atomic E-state index is 3.71. The fourth-order valence-electron chi connectivity index (χ4n) is 0.749. The Bertz CT molecular complexity index is 167. The van der Waals surface area contributed by atoms with Gasteiger partial charge >= 0.3 is 0 Å². The average Bonchev–Trinajstić information content (AvgIpc) is 1.98. The summed E-state index contributed by atoms with van der Waals surface area (Å²) in [6.45, 7) is 12.9. The van der Waals surface area contributed by atoms with Crippen LogP contribution < -0.4 is 0 Å². The topological polar surface area (TPSA) is 3.24 Å². The molecule has 62 valence electrons. The van der Waals surface area contributed by atoms with Crippen molar-refractivity contribution in [3.8, 4) is 11.8 Å². The summed E-state index contributed by atoms with van der Waals surface area (Å²) in [5, 5.41) is 0. The van der Waals surface area contributed by atoms with Crippen LogP contribution in [0.4, 0.5) is 0 Å². The highest BCUT2D eigenvalue weighted by Gasteiger charge is 1.92. The molecule has 0 aromatic rings. The van der Waals surface area contributed by atoms with Crippen molar-refractivity contribution in [3.05, 3.63) is 12.2 Å². The average molecular weight is 151 g/mol. The predicted octanol–water partition coefficient (Wildman–Crippen LogP) is 1.91. The van der Waals surface area contributed by atoms with Crippen LogP contribution in [0.5, 0.6) is 0 Å². The van der Waals surface area contributed by atoms with E-state index in [1.54, 1.807) is 0 Å². The lowest BCUT2D eigenvalue weighted by Crippen LogP contribution is -2.22. The molecule has 0 aromatic heterocycles. The lowest BCUT2D eigenvalue weighted by atomic mass is 10.3. The van der Waals surface area contributed by atoms with E-state index in [0.717, 1.165) is 25.2 Å². The molecule has 0 spiro atoms. The molecule has 0 saturated heterocycles. The minimum absolute atomic E-state index is 0.861. The third-order valence-corrected chi connectivity index (χ3v) is 1.50. The first-order valence-electron chi connectivity index (χ1n) is 4.07. The van der Waals surface area contributed by atoms with Crippen LogP contribution in [0.15, 0.2) is 12.2 Å². The van der Waals surface area contributed by atoms with Gasteiger partial charge in [0.2, 0.25) is 0 Å². The summed E-state index contributed by atoms with van der Waals surface area (Å²) in [6.07, 6.45) is 0. The third-order valence-electron chi connectivity index (χ3n) is 1.50. The van der Waals surface area contributed by atoms with Crippen molar-refractivity contribution in [2.75, 3.05) is 19.6 Å². The van der Waals surface area contributed by atoms with Gasteiger partial charge in [0.15, 0.2) is 0 Å². The largest absolute Gasteiger partial charge is 0.293 e. The second-order valence-corrected chi connectivity index (χ2v) is 2.54. The van der Waals surface area contributed by atoms with Gasteiger partial charge in [0.25, 0.3) is 0 Å². The van der Waals surface area contributed by atoms with Gasteiger partial charge < -0.3 is 0 Å². The fourth-order valence-corrected chi connectivity index (χ4v) is 0.749. The summed E-state index contributed by atoms with van der Waals surface area (Å²) in [7, 11) is 0. The molecule has 0 rings (SSSR count). The van der Waals surface area contributed by atoms with Crippen molar-refractivity contribution in [3.63, 3.8) is 0 Å². The zero-order chi connectivity index (χ0) is 8.69. The van der Waals surface area contributed by atoms with E-state index in [4.69, 9.17) is 0 Å². The molecule has 0 radical (unpaired) electrons. The van der Waals surface area contributed by atoms with Gasteiger partial charge in [-0.05, 0) is 25.6 Å². The van der Waals surface area contributed by atoms with E-state index in [0.29, 0.717) is 0 Å². The maximum atomic E-state index is 3.71. The number of rotatable bonds is 3. The summed E-state index contributed by atoms with van der Waals surface area (Å²) >= 11 is 0. The molecular weight excluding hydrogens is 134 g/mol. The Morgan fingerprint density at radius 2 is 1.91 bits per heavy atom. The molecule has 1 heteroatoms. The highest BCUT2D eigenvalue weighted by molar-refractivity contribution is 5.23. The summed E-state index contributed by atoms with van der Waals surface area (Å²) in [4.78, 5) is 2.27. The van der Waals surface area contributed by atoms with E-state index in [9.17, 15) is 0 Å². The first-order valence-corrected chi connectivity index (χ1v) is 4.07. The summed E-state index contributed by atoms with van der Waals surface area (Å²) < 4.78 is 0. The Morgan fingerprint density at radius 1 is 1.36 bits per heavy atom. The molecule has 1 nitrogen and oxygen atoms in total. The van der Waals surface area contributed by atoms with E-state index in [-0.39, 0.29) is 0 Å². The van der Waals surface area contributed by atoms with Gasteiger partial charge in [-0.15, -0.1) is 0 Å². The molecule has 0 atom stereocenters. The molecule has 0 aliphatic rings. The van der Waals surface area contributed by atoms with Crippen LogP contribution in [0.3, 0.4) is 0 Å². The molecule has 0 aliphatic heterocycles. The van der Waals surface area contributed by atoms with E-state index in [1.165, 1.54) is 0 Å².